The third-order valence-corrected chi connectivity index (χ3v) is 4.55. The van der Waals surface area contributed by atoms with Crippen molar-refractivity contribution in [2.45, 2.75) is 38.0 Å². The molecule has 0 spiro atoms. The lowest BCUT2D eigenvalue weighted by molar-refractivity contribution is 0.0824. The van der Waals surface area contributed by atoms with Crippen molar-refractivity contribution in [3.63, 3.8) is 0 Å². The molecular formula is C16H25ClN2O. The molecule has 0 aliphatic carbocycles. The Bertz CT molecular complexity index is 409. The van der Waals surface area contributed by atoms with Crippen molar-refractivity contribution in [1.29, 1.82) is 0 Å². The number of nitrogens with one attached hydrogen (secondary N) is 1. The van der Waals surface area contributed by atoms with E-state index in [0.717, 1.165) is 31.0 Å². The van der Waals surface area contributed by atoms with Gasteiger partial charge in [-0.3, -0.25) is 0 Å². The van der Waals surface area contributed by atoms with Crippen LogP contribution in [-0.2, 0) is 4.74 Å². The zero-order valence-corrected chi connectivity index (χ0v) is 13.4. The predicted octanol–water partition coefficient (Wildman–Crippen LogP) is 3.10. The first-order valence-electron chi connectivity index (χ1n) is 7.36. The third-order valence-electron chi connectivity index (χ3n) is 4.29. The number of likely N-dealkylation sites (N-methyl/N-ethyl adjacent to an activating group) is 1. The van der Waals surface area contributed by atoms with Gasteiger partial charge in [0, 0.05) is 30.3 Å². The number of benzene rings is 1. The molecule has 1 heterocycles. The van der Waals surface area contributed by atoms with E-state index < -0.39 is 0 Å². The molecule has 1 aromatic rings. The van der Waals surface area contributed by atoms with E-state index >= 15 is 0 Å². The van der Waals surface area contributed by atoms with Crippen LogP contribution < -0.4 is 5.32 Å². The monoisotopic (exact) mass is 296 g/mol. The first-order valence-corrected chi connectivity index (χ1v) is 7.74. The molecule has 3 unspecified atom stereocenters. The van der Waals surface area contributed by atoms with E-state index in [9.17, 15) is 0 Å². The summed E-state index contributed by atoms with van der Waals surface area (Å²) in [6, 6.07) is 9.04. The summed E-state index contributed by atoms with van der Waals surface area (Å²) in [7, 11) is 4.21. The highest BCUT2D eigenvalue weighted by Crippen LogP contribution is 2.22. The molecule has 3 atom stereocenters. The second-order valence-electron chi connectivity index (χ2n) is 5.59. The van der Waals surface area contributed by atoms with Gasteiger partial charge in [-0.25, -0.2) is 0 Å². The molecule has 1 aliphatic rings. The van der Waals surface area contributed by atoms with E-state index in [1.54, 1.807) is 0 Å². The summed E-state index contributed by atoms with van der Waals surface area (Å²) < 4.78 is 5.65. The fraction of sp³-hybridized carbons (Fsp3) is 0.625. The summed E-state index contributed by atoms with van der Waals surface area (Å²) >= 11 is 5.95. The SMILES string of the molecule is CNC(CCN(C)C1CCOC1C)c1ccc(Cl)cc1. The molecule has 1 aliphatic heterocycles. The maximum Gasteiger partial charge on any atom is 0.0702 e. The van der Waals surface area contributed by atoms with Crippen LogP contribution >= 0.6 is 11.6 Å². The average Bonchev–Trinajstić information content (AvgIpc) is 2.87. The Hall–Kier alpha value is -0.610. The molecule has 1 aromatic carbocycles. The van der Waals surface area contributed by atoms with Gasteiger partial charge in [-0.1, -0.05) is 23.7 Å². The van der Waals surface area contributed by atoms with Gasteiger partial charge in [-0.2, -0.15) is 0 Å². The smallest absolute Gasteiger partial charge is 0.0702 e. The van der Waals surface area contributed by atoms with Crippen molar-refractivity contribution in [2.75, 3.05) is 27.2 Å². The Labute approximate surface area is 127 Å². The molecule has 20 heavy (non-hydrogen) atoms. The van der Waals surface area contributed by atoms with Crippen molar-refractivity contribution in [3.05, 3.63) is 34.9 Å². The number of halogens is 1. The molecule has 112 valence electrons. The largest absolute Gasteiger partial charge is 0.377 e. The molecule has 4 heteroatoms. The lowest BCUT2D eigenvalue weighted by Crippen LogP contribution is -2.38. The van der Waals surface area contributed by atoms with Crippen LogP contribution in [0, 0.1) is 0 Å². The summed E-state index contributed by atoms with van der Waals surface area (Å²) in [5.41, 5.74) is 1.29. The highest BCUT2D eigenvalue weighted by atomic mass is 35.5. The summed E-state index contributed by atoms with van der Waals surface area (Å²) in [5.74, 6) is 0. The third kappa shape index (κ3) is 3.95. The molecule has 0 radical (unpaired) electrons. The van der Waals surface area contributed by atoms with E-state index in [1.807, 2.05) is 19.2 Å². The van der Waals surface area contributed by atoms with Crippen molar-refractivity contribution < 1.29 is 4.74 Å². The maximum atomic E-state index is 5.95. The first kappa shape index (κ1) is 15.8. The molecule has 1 saturated heterocycles. The highest BCUT2D eigenvalue weighted by molar-refractivity contribution is 6.30. The summed E-state index contributed by atoms with van der Waals surface area (Å²) in [6.07, 6.45) is 2.57. The van der Waals surface area contributed by atoms with Crippen LogP contribution in [0.3, 0.4) is 0 Å². The Kier molecular flexibility index (Phi) is 5.85. The van der Waals surface area contributed by atoms with Crippen molar-refractivity contribution in [1.82, 2.24) is 10.2 Å². The maximum absolute atomic E-state index is 5.95. The Balaban J connectivity index is 1.88. The Morgan fingerprint density at radius 2 is 2.10 bits per heavy atom. The first-order chi connectivity index (χ1) is 9.61. The molecule has 0 saturated carbocycles. The van der Waals surface area contributed by atoms with E-state index in [2.05, 4.69) is 36.3 Å². The second kappa shape index (κ2) is 7.41. The van der Waals surface area contributed by atoms with Crippen LogP contribution in [0.2, 0.25) is 5.02 Å². The van der Waals surface area contributed by atoms with Gasteiger partial charge in [0.25, 0.3) is 0 Å². The van der Waals surface area contributed by atoms with Gasteiger partial charge in [0.1, 0.15) is 0 Å². The minimum atomic E-state index is 0.351. The number of nitrogens with zero attached hydrogens (tertiary/aromatic N) is 1. The van der Waals surface area contributed by atoms with Crippen LogP contribution in [0.5, 0.6) is 0 Å². The van der Waals surface area contributed by atoms with E-state index in [1.165, 1.54) is 5.56 Å². The Morgan fingerprint density at radius 1 is 1.40 bits per heavy atom. The van der Waals surface area contributed by atoms with Crippen LogP contribution in [0.4, 0.5) is 0 Å². The molecule has 0 aromatic heterocycles. The van der Waals surface area contributed by atoms with Gasteiger partial charge in [0.05, 0.1) is 6.10 Å². The number of rotatable bonds is 6. The molecule has 3 nitrogen and oxygen atoms in total. The summed E-state index contributed by atoms with van der Waals surface area (Å²) in [6.45, 7) is 4.12. The van der Waals surface area contributed by atoms with Crippen molar-refractivity contribution in [3.8, 4) is 0 Å². The number of ether oxygens (including phenoxy) is 1. The molecule has 1 fully saturated rings. The second-order valence-corrected chi connectivity index (χ2v) is 6.03. The fourth-order valence-electron chi connectivity index (χ4n) is 2.97. The normalized spacial score (nSPS) is 24.2. The zero-order valence-electron chi connectivity index (χ0n) is 12.6. The van der Waals surface area contributed by atoms with Gasteiger partial charge in [-0.05, 0) is 51.6 Å². The van der Waals surface area contributed by atoms with Crippen molar-refractivity contribution >= 4 is 11.6 Å². The van der Waals surface area contributed by atoms with Gasteiger partial charge >= 0.3 is 0 Å². The van der Waals surface area contributed by atoms with E-state index in [-0.39, 0.29) is 0 Å². The number of hydrogen-bond donors (Lipinski definition) is 1. The summed E-state index contributed by atoms with van der Waals surface area (Å²) in [5, 5.41) is 4.18. The van der Waals surface area contributed by atoms with Gasteiger partial charge < -0.3 is 15.0 Å². The topological polar surface area (TPSA) is 24.5 Å². The van der Waals surface area contributed by atoms with Crippen molar-refractivity contribution in [2.24, 2.45) is 0 Å². The zero-order chi connectivity index (χ0) is 14.5. The van der Waals surface area contributed by atoms with Crippen LogP contribution in [0.15, 0.2) is 24.3 Å². The van der Waals surface area contributed by atoms with Crippen LogP contribution in [0.1, 0.15) is 31.4 Å². The average molecular weight is 297 g/mol. The quantitative estimate of drug-likeness (QED) is 0.873. The highest BCUT2D eigenvalue weighted by Gasteiger charge is 2.27. The van der Waals surface area contributed by atoms with Crippen LogP contribution in [-0.4, -0.2) is 44.3 Å². The predicted molar refractivity (Wildman–Crippen MR) is 84.3 cm³/mol. The van der Waals surface area contributed by atoms with Gasteiger partial charge in [0.15, 0.2) is 0 Å². The molecule has 1 N–H and O–H groups in total. The van der Waals surface area contributed by atoms with E-state index in [4.69, 9.17) is 16.3 Å². The number of hydrogen-bond acceptors (Lipinski definition) is 3. The van der Waals surface area contributed by atoms with Gasteiger partial charge in [0.2, 0.25) is 0 Å². The Morgan fingerprint density at radius 3 is 2.65 bits per heavy atom. The fourth-order valence-corrected chi connectivity index (χ4v) is 3.10. The molecule has 0 bridgehead atoms. The standard InChI is InChI=1S/C16H25ClN2O/c1-12-16(9-11-20-12)19(3)10-8-15(18-2)13-4-6-14(17)7-5-13/h4-7,12,15-16,18H,8-11H2,1-3H3. The molecule has 2 rings (SSSR count). The summed E-state index contributed by atoms with van der Waals surface area (Å²) in [4.78, 5) is 2.43. The van der Waals surface area contributed by atoms with E-state index in [0.29, 0.717) is 18.2 Å². The molecular weight excluding hydrogens is 272 g/mol. The minimum Gasteiger partial charge on any atom is -0.377 e. The minimum absolute atomic E-state index is 0.351. The lowest BCUT2D eigenvalue weighted by atomic mass is 10.0. The molecule has 0 amide bonds. The lowest BCUT2D eigenvalue weighted by Gasteiger charge is -2.28. The van der Waals surface area contributed by atoms with Gasteiger partial charge in [-0.15, -0.1) is 0 Å². The van der Waals surface area contributed by atoms with Crippen LogP contribution in [0.25, 0.3) is 0 Å².